The second kappa shape index (κ2) is 24.4. The van der Waals surface area contributed by atoms with Gasteiger partial charge in [0.25, 0.3) is 30.4 Å². The molecule has 0 spiro atoms. The third kappa shape index (κ3) is 12.1. The molecule has 0 saturated heterocycles. The molecule has 0 radical (unpaired) electrons. The van der Waals surface area contributed by atoms with Crippen molar-refractivity contribution in [2.45, 2.75) is 26.5 Å². The van der Waals surface area contributed by atoms with Crippen molar-refractivity contribution in [2.75, 3.05) is 21.3 Å². The minimum absolute atomic E-state index is 0.0326. The first kappa shape index (κ1) is 60.2. The SMILES string of the molecule is COc1cc(C(c2ccccc2)c2cc(OC)c(N=Nc3cc(S(=O)(=O)O)c4ccccc4c3O)c(C(c3ccccc3)c3ccc(N=Nc4cc(S(=O)(=O)O)c5ccccc5c4O)c(OC)c3)c2)ccc1N=Nc1cc(S(=O)(=O)O)c2ccccc2c1O. The lowest BCUT2D eigenvalue weighted by Crippen LogP contribution is -2.09. The maximum absolute atomic E-state index is 12.9. The fourth-order valence-corrected chi connectivity index (χ4v) is 12.9. The van der Waals surface area contributed by atoms with Gasteiger partial charge in [0.15, 0.2) is 17.2 Å². The molecule has 0 aliphatic rings. The molecule has 0 aliphatic carbocycles. The van der Waals surface area contributed by atoms with Crippen molar-refractivity contribution < 1.29 is 68.4 Å². The normalized spacial score (nSPS) is 13.0. The first-order valence-electron chi connectivity index (χ1n) is 26.8. The van der Waals surface area contributed by atoms with E-state index in [2.05, 4.69) is 25.6 Å². The summed E-state index contributed by atoms with van der Waals surface area (Å²) in [5, 5.41) is 61.2. The molecule has 21 nitrogen and oxygen atoms in total. The number of phenols is 3. The van der Waals surface area contributed by atoms with Crippen LogP contribution in [0.1, 0.15) is 45.2 Å². The van der Waals surface area contributed by atoms with Gasteiger partial charge in [0.1, 0.15) is 66.1 Å². The molecule has 0 aliphatic heterocycles. The summed E-state index contributed by atoms with van der Waals surface area (Å²) in [6.07, 6.45) is 0. The maximum Gasteiger partial charge on any atom is 0.295 e. The summed E-state index contributed by atoms with van der Waals surface area (Å²) in [5.41, 5.74) is 3.27. The summed E-state index contributed by atoms with van der Waals surface area (Å²) in [6.45, 7) is 0. The summed E-state index contributed by atoms with van der Waals surface area (Å²) in [4.78, 5) is -1.52. The standard InChI is InChI=1S/C65H50N6O15S3/c1-84-54-31-39(26-28-49(54)66-68-51-34-57(87(75,76)77)42-20-10-13-23-45(42)63(51)72)60(37-16-6-4-7-17-37)41-30-48(62(56(33-41)86-3)71-70-53-36-59(89(81,82)83)44-22-12-15-25-47(44)65(53)74)61(38-18-8-5-9-19-38)40-27-29-50(55(32-40)85-2)67-69-52-35-58(88(78,79)80)43-21-11-14-24-46(43)64(52)73/h4-36,60-61,72-74H,1-3H3,(H,75,76,77)(H,78,79,80)(H,81,82,83). The summed E-state index contributed by atoms with van der Waals surface area (Å²) in [6, 6.07) is 53.6. The lowest BCUT2D eigenvalue weighted by Gasteiger charge is -2.26. The minimum Gasteiger partial charge on any atom is -0.505 e. The topological polar surface area (TPSA) is 326 Å². The third-order valence-corrected chi connectivity index (χ3v) is 17.5. The number of hydrogen-bond acceptors (Lipinski definition) is 18. The van der Waals surface area contributed by atoms with Gasteiger partial charge in [-0.1, -0.05) is 152 Å². The smallest absolute Gasteiger partial charge is 0.295 e. The Kier molecular flexibility index (Phi) is 16.5. The van der Waals surface area contributed by atoms with Gasteiger partial charge in [-0.2, -0.15) is 25.3 Å². The summed E-state index contributed by atoms with van der Waals surface area (Å²) < 4.78 is 125. The number of azo groups is 3. The van der Waals surface area contributed by atoms with E-state index in [0.29, 0.717) is 27.8 Å². The molecule has 0 saturated carbocycles. The number of ether oxygens (including phenoxy) is 3. The van der Waals surface area contributed by atoms with Gasteiger partial charge in [-0.15, -0.1) is 30.7 Å². The first-order valence-corrected chi connectivity index (χ1v) is 31.1. The Morgan fingerprint density at radius 1 is 0.315 bits per heavy atom. The molecule has 0 aromatic heterocycles. The quantitative estimate of drug-likeness (QED) is 0.0264. The van der Waals surface area contributed by atoms with Crippen molar-refractivity contribution in [2.24, 2.45) is 30.7 Å². The van der Waals surface area contributed by atoms with Crippen LogP contribution in [0.5, 0.6) is 34.5 Å². The predicted molar refractivity (Wildman–Crippen MR) is 333 cm³/mol. The molecule has 6 N–H and O–H groups in total. The Bertz CT molecular complexity index is 5070. The van der Waals surface area contributed by atoms with Crippen LogP contribution in [0.25, 0.3) is 32.3 Å². The Balaban J connectivity index is 1.11. The zero-order valence-corrected chi connectivity index (χ0v) is 49.4. The fourth-order valence-electron chi connectivity index (χ4n) is 10.8. The zero-order valence-electron chi connectivity index (χ0n) is 47.0. The summed E-state index contributed by atoms with van der Waals surface area (Å²) in [7, 11) is -10.2. The monoisotopic (exact) mass is 1250 g/mol. The zero-order chi connectivity index (χ0) is 62.9. The van der Waals surface area contributed by atoms with Crippen molar-refractivity contribution in [3.63, 3.8) is 0 Å². The van der Waals surface area contributed by atoms with Crippen LogP contribution >= 0.6 is 0 Å². The molecule has 0 fully saturated rings. The number of nitrogens with zero attached hydrogens (tertiary/aromatic N) is 6. The van der Waals surface area contributed by atoms with Gasteiger partial charge in [-0.05, 0) is 81.9 Å². The second-order valence-electron chi connectivity index (χ2n) is 20.1. The number of methoxy groups -OCH3 is 3. The molecule has 448 valence electrons. The van der Waals surface area contributed by atoms with Crippen LogP contribution in [0, 0.1) is 0 Å². The van der Waals surface area contributed by atoms with Crippen LogP contribution in [0.15, 0.2) is 246 Å². The van der Waals surface area contributed by atoms with E-state index < -0.39 is 68.4 Å². The molecule has 24 heteroatoms. The van der Waals surface area contributed by atoms with Crippen molar-refractivity contribution in [1.29, 1.82) is 0 Å². The molecule has 0 amide bonds. The Hall–Kier alpha value is -10.5. The Morgan fingerprint density at radius 2 is 0.629 bits per heavy atom. The average molecular weight is 1250 g/mol. The molecule has 0 heterocycles. The van der Waals surface area contributed by atoms with Gasteiger partial charge in [-0.25, -0.2) is 0 Å². The van der Waals surface area contributed by atoms with Crippen LogP contribution in [0.2, 0.25) is 0 Å². The highest BCUT2D eigenvalue weighted by atomic mass is 32.2. The highest BCUT2D eigenvalue weighted by Gasteiger charge is 2.30. The van der Waals surface area contributed by atoms with Gasteiger partial charge in [0, 0.05) is 44.2 Å². The number of rotatable bonds is 18. The highest BCUT2D eigenvalue weighted by Crippen LogP contribution is 2.50. The van der Waals surface area contributed by atoms with Gasteiger partial charge >= 0.3 is 0 Å². The Morgan fingerprint density at radius 3 is 1.00 bits per heavy atom. The minimum atomic E-state index is -4.88. The molecule has 89 heavy (non-hydrogen) atoms. The number of phenolic OH excluding ortho intramolecular Hbond substituents is 3. The molecular weight excluding hydrogens is 1200 g/mol. The average Bonchev–Trinajstić information content (AvgIpc) is 2.54. The van der Waals surface area contributed by atoms with Crippen molar-refractivity contribution in [3.8, 4) is 34.5 Å². The molecule has 11 aromatic rings. The van der Waals surface area contributed by atoms with E-state index in [0.717, 1.165) is 23.8 Å². The van der Waals surface area contributed by atoms with E-state index >= 15 is 0 Å². The number of aromatic hydroxyl groups is 3. The molecule has 0 bridgehead atoms. The number of fused-ring (bicyclic) bond motifs is 3. The van der Waals surface area contributed by atoms with E-state index in [9.17, 15) is 54.2 Å². The molecule has 2 atom stereocenters. The van der Waals surface area contributed by atoms with Gasteiger partial charge in [-0.3, -0.25) is 13.7 Å². The highest BCUT2D eigenvalue weighted by molar-refractivity contribution is 7.86. The van der Waals surface area contributed by atoms with Crippen LogP contribution in [0.3, 0.4) is 0 Å². The third-order valence-electron chi connectivity index (χ3n) is 14.8. The lowest BCUT2D eigenvalue weighted by atomic mass is 9.79. The number of hydrogen-bond donors (Lipinski definition) is 6. The Labute approximate surface area is 509 Å². The van der Waals surface area contributed by atoms with E-state index in [-0.39, 0.29) is 89.4 Å². The molecule has 11 rings (SSSR count). The predicted octanol–water partition coefficient (Wildman–Crippen LogP) is 15.6. The van der Waals surface area contributed by atoms with E-state index in [4.69, 9.17) is 19.3 Å². The maximum atomic E-state index is 12.9. The van der Waals surface area contributed by atoms with Crippen molar-refractivity contribution in [1.82, 2.24) is 0 Å². The van der Waals surface area contributed by atoms with Gasteiger partial charge < -0.3 is 29.5 Å². The fraction of sp³-hybridized carbons (Fsp3) is 0.0769. The van der Waals surface area contributed by atoms with Crippen LogP contribution < -0.4 is 14.2 Å². The van der Waals surface area contributed by atoms with Crippen molar-refractivity contribution in [3.05, 3.63) is 234 Å². The largest absolute Gasteiger partial charge is 0.505 e. The van der Waals surface area contributed by atoms with E-state index in [1.165, 1.54) is 57.7 Å². The first-order chi connectivity index (χ1) is 42.7. The van der Waals surface area contributed by atoms with E-state index in [1.807, 2.05) is 66.7 Å². The molecule has 2 unspecified atom stereocenters. The molecule has 11 aromatic carbocycles. The lowest BCUT2D eigenvalue weighted by molar-refractivity contribution is 0.414. The molecular formula is C65H50N6O15S3. The summed E-state index contributed by atoms with van der Waals surface area (Å²) in [5.74, 6) is -2.20. The van der Waals surface area contributed by atoms with Gasteiger partial charge in [0.2, 0.25) is 0 Å². The van der Waals surface area contributed by atoms with Gasteiger partial charge in [0.05, 0.1) is 21.3 Å². The van der Waals surface area contributed by atoms with Crippen LogP contribution in [-0.4, -0.2) is 75.6 Å². The second-order valence-corrected chi connectivity index (χ2v) is 24.3. The summed E-state index contributed by atoms with van der Waals surface area (Å²) >= 11 is 0. The number of benzene rings is 11. The van der Waals surface area contributed by atoms with Crippen LogP contribution in [-0.2, 0) is 30.4 Å². The van der Waals surface area contributed by atoms with E-state index in [1.54, 1.807) is 78.9 Å². The van der Waals surface area contributed by atoms with Crippen LogP contribution in [0.4, 0.5) is 34.1 Å². The van der Waals surface area contributed by atoms with Crippen molar-refractivity contribution >= 4 is 96.8 Å².